The van der Waals surface area contributed by atoms with Gasteiger partial charge in [0.05, 0.1) is 21.3 Å². The van der Waals surface area contributed by atoms with Crippen LogP contribution in [-0.4, -0.2) is 52.1 Å². The number of rotatable bonds is 10. The number of methoxy groups -OCH3 is 3. The van der Waals surface area contributed by atoms with Crippen LogP contribution in [0.25, 0.3) is 11.1 Å². The molecule has 188 valence electrons. The summed E-state index contributed by atoms with van der Waals surface area (Å²) in [7, 11) is 5.96. The Bertz CT molecular complexity index is 1030. The van der Waals surface area contributed by atoms with Crippen LogP contribution in [0.15, 0.2) is 47.6 Å². The first kappa shape index (κ1) is 26.1. The number of hydrogen-bond donors (Lipinski definition) is 1. The highest BCUT2D eigenvalue weighted by molar-refractivity contribution is 6.39. The van der Waals surface area contributed by atoms with Crippen LogP contribution < -0.4 is 14.8 Å². The molecule has 0 saturated heterocycles. The summed E-state index contributed by atoms with van der Waals surface area (Å²) in [6, 6.07) is 12.5. The molecule has 0 radical (unpaired) electrons. The molecule has 35 heavy (non-hydrogen) atoms. The number of benzene rings is 2. The number of hydrogen-bond acceptors (Lipinski definition) is 7. The molecule has 1 amide bonds. The third-order valence-corrected chi connectivity index (χ3v) is 6.32. The maximum Gasteiger partial charge on any atom is 0.328 e. The van der Waals surface area contributed by atoms with Crippen molar-refractivity contribution in [1.29, 1.82) is 0 Å². The van der Waals surface area contributed by atoms with E-state index < -0.39 is 17.9 Å². The molecule has 1 aliphatic carbocycles. The molecule has 0 aliphatic heterocycles. The van der Waals surface area contributed by atoms with E-state index in [2.05, 4.69) is 10.5 Å². The Balaban J connectivity index is 1.76. The van der Waals surface area contributed by atoms with E-state index in [1.807, 2.05) is 42.5 Å². The van der Waals surface area contributed by atoms with Crippen LogP contribution in [0.1, 0.15) is 37.7 Å². The van der Waals surface area contributed by atoms with E-state index in [0.717, 1.165) is 48.8 Å². The van der Waals surface area contributed by atoms with E-state index in [4.69, 9.17) is 19.0 Å². The van der Waals surface area contributed by atoms with Gasteiger partial charge in [0, 0.05) is 24.0 Å². The lowest BCUT2D eigenvalue weighted by molar-refractivity contribution is -0.144. The first-order chi connectivity index (χ1) is 17.0. The molecule has 0 spiro atoms. The number of nitrogens with one attached hydrogen (secondary N) is 1. The van der Waals surface area contributed by atoms with Crippen molar-refractivity contribution in [2.24, 2.45) is 11.1 Å². The summed E-state index contributed by atoms with van der Waals surface area (Å²) in [5, 5.41) is 6.82. The van der Waals surface area contributed by atoms with Crippen molar-refractivity contribution in [3.05, 3.63) is 48.0 Å². The fourth-order valence-corrected chi connectivity index (χ4v) is 4.44. The van der Waals surface area contributed by atoms with E-state index >= 15 is 0 Å². The second-order valence-electron chi connectivity index (χ2n) is 8.51. The van der Waals surface area contributed by atoms with Gasteiger partial charge >= 0.3 is 5.97 Å². The molecule has 2 aromatic rings. The summed E-state index contributed by atoms with van der Waals surface area (Å²) in [6.07, 6.45) is 5.30. The summed E-state index contributed by atoms with van der Waals surface area (Å²) >= 11 is 0. The van der Waals surface area contributed by atoms with Gasteiger partial charge in [-0.15, -0.1) is 0 Å². The number of amides is 1. The highest BCUT2D eigenvalue weighted by atomic mass is 16.6. The van der Waals surface area contributed by atoms with Crippen molar-refractivity contribution in [1.82, 2.24) is 5.32 Å². The van der Waals surface area contributed by atoms with Crippen molar-refractivity contribution in [2.45, 2.75) is 44.6 Å². The number of carbonyl (C=O) groups excluding carboxylic acids is 2. The number of oxime groups is 1. The van der Waals surface area contributed by atoms with Crippen molar-refractivity contribution >= 4 is 17.6 Å². The van der Waals surface area contributed by atoms with Crippen LogP contribution in [0.2, 0.25) is 0 Å². The van der Waals surface area contributed by atoms with Crippen molar-refractivity contribution in [3.8, 4) is 22.6 Å². The van der Waals surface area contributed by atoms with Gasteiger partial charge < -0.3 is 24.4 Å². The average molecular weight is 483 g/mol. The van der Waals surface area contributed by atoms with Crippen molar-refractivity contribution in [2.75, 3.05) is 28.4 Å². The third kappa shape index (κ3) is 6.74. The predicted molar refractivity (Wildman–Crippen MR) is 134 cm³/mol. The molecular weight excluding hydrogens is 448 g/mol. The zero-order chi connectivity index (χ0) is 25.2. The smallest absolute Gasteiger partial charge is 0.328 e. The lowest BCUT2D eigenvalue weighted by atomic mass is 9.85. The quantitative estimate of drug-likeness (QED) is 0.311. The molecule has 1 atom stereocenters. The molecular formula is C27H34N2O6. The lowest BCUT2D eigenvalue weighted by Crippen LogP contribution is -2.47. The van der Waals surface area contributed by atoms with Crippen LogP contribution >= 0.6 is 0 Å². The standard InChI is InChI=1S/C27H34N2O6/c1-32-21-14-15-22(24(17-21)33-2)19-12-10-18(11-13-19)16-23(27(31)34-3)28-26(30)25(29-35-4)20-8-6-5-7-9-20/h10-15,17,20,23H,5-9,16H2,1-4H3,(H,28,30)/t23-/m0/s1. The fourth-order valence-electron chi connectivity index (χ4n) is 4.44. The van der Waals surface area contributed by atoms with E-state index in [-0.39, 0.29) is 12.3 Å². The maximum absolute atomic E-state index is 13.1. The van der Waals surface area contributed by atoms with E-state index in [1.165, 1.54) is 14.2 Å². The first-order valence-electron chi connectivity index (χ1n) is 11.8. The Hall–Kier alpha value is -3.55. The van der Waals surface area contributed by atoms with Gasteiger partial charge in [-0.05, 0) is 36.1 Å². The number of carbonyl (C=O) groups is 2. The van der Waals surface area contributed by atoms with Gasteiger partial charge in [-0.1, -0.05) is 48.7 Å². The van der Waals surface area contributed by atoms with E-state index in [9.17, 15) is 9.59 Å². The van der Waals surface area contributed by atoms with E-state index in [0.29, 0.717) is 17.2 Å². The van der Waals surface area contributed by atoms with Crippen molar-refractivity contribution < 1.29 is 28.6 Å². The second kappa shape index (κ2) is 12.8. The summed E-state index contributed by atoms with van der Waals surface area (Å²) in [6.45, 7) is 0. The Morgan fingerprint density at radius 1 is 0.971 bits per heavy atom. The molecule has 0 unspecified atom stereocenters. The molecule has 0 bridgehead atoms. The zero-order valence-corrected chi connectivity index (χ0v) is 20.8. The monoisotopic (exact) mass is 482 g/mol. The molecule has 3 rings (SSSR count). The number of ether oxygens (including phenoxy) is 3. The molecule has 8 heteroatoms. The predicted octanol–water partition coefficient (Wildman–Crippen LogP) is 4.15. The van der Waals surface area contributed by atoms with Gasteiger partial charge in [0.15, 0.2) is 0 Å². The highest BCUT2D eigenvalue weighted by Gasteiger charge is 2.30. The SMILES string of the molecule is CON=C(C(=O)N[C@@H](Cc1ccc(-c2ccc(OC)cc2OC)cc1)C(=O)OC)C1CCCCC1. The summed E-state index contributed by atoms with van der Waals surface area (Å²) < 4.78 is 15.7. The number of nitrogens with zero attached hydrogens (tertiary/aromatic N) is 1. The Morgan fingerprint density at radius 3 is 2.29 bits per heavy atom. The Morgan fingerprint density at radius 2 is 1.69 bits per heavy atom. The van der Waals surface area contributed by atoms with E-state index in [1.54, 1.807) is 14.2 Å². The van der Waals surface area contributed by atoms with Crippen molar-refractivity contribution in [3.63, 3.8) is 0 Å². The van der Waals surface area contributed by atoms with Crippen LogP contribution in [0.3, 0.4) is 0 Å². The molecule has 1 fully saturated rings. The van der Waals surface area contributed by atoms with Gasteiger partial charge in [0.25, 0.3) is 5.91 Å². The van der Waals surface area contributed by atoms with Crippen LogP contribution in [-0.2, 0) is 25.6 Å². The summed E-state index contributed by atoms with van der Waals surface area (Å²) in [5.41, 5.74) is 3.09. The third-order valence-electron chi connectivity index (χ3n) is 6.32. The molecule has 1 N–H and O–H groups in total. The maximum atomic E-state index is 13.1. The normalized spacial score (nSPS) is 15.1. The first-order valence-corrected chi connectivity index (χ1v) is 11.8. The molecule has 1 aliphatic rings. The summed E-state index contributed by atoms with van der Waals surface area (Å²) in [5.74, 6) is 0.530. The minimum atomic E-state index is -0.848. The average Bonchev–Trinajstić information content (AvgIpc) is 2.91. The summed E-state index contributed by atoms with van der Waals surface area (Å²) in [4.78, 5) is 30.5. The molecule has 2 aromatic carbocycles. The minimum absolute atomic E-state index is 0.0285. The largest absolute Gasteiger partial charge is 0.497 e. The fraction of sp³-hybridized carbons (Fsp3) is 0.444. The highest BCUT2D eigenvalue weighted by Crippen LogP contribution is 2.33. The topological polar surface area (TPSA) is 95.5 Å². The number of esters is 1. The van der Waals surface area contributed by atoms with Gasteiger partial charge in [-0.2, -0.15) is 0 Å². The lowest BCUT2D eigenvalue weighted by Gasteiger charge is -2.24. The Kier molecular flexibility index (Phi) is 9.52. The zero-order valence-electron chi connectivity index (χ0n) is 20.8. The second-order valence-corrected chi connectivity index (χ2v) is 8.51. The van der Waals surface area contributed by atoms with Gasteiger partial charge in [0.1, 0.15) is 30.4 Å². The molecule has 1 saturated carbocycles. The van der Waals surface area contributed by atoms with Crippen LogP contribution in [0.4, 0.5) is 0 Å². The van der Waals surface area contributed by atoms with Gasteiger partial charge in [-0.25, -0.2) is 4.79 Å². The van der Waals surface area contributed by atoms with Crippen LogP contribution in [0.5, 0.6) is 11.5 Å². The minimum Gasteiger partial charge on any atom is -0.497 e. The molecule has 0 aromatic heterocycles. The van der Waals surface area contributed by atoms with Gasteiger partial charge in [-0.3, -0.25) is 4.79 Å². The Labute approximate surface area is 206 Å². The molecule has 8 nitrogen and oxygen atoms in total. The molecule has 0 heterocycles. The van der Waals surface area contributed by atoms with Crippen LogP contribution in [0, 0.1) is 5.92 Å². The van der Waals surface area contributed by atoms with Gasteiger partial charge in [0.2, 0.25) is 0 Å².